The Morgan fingerprint density at radius 3 is 2.65 bits per heavy atom. The monoisotopic (exact) mass is 460 g/mol. The molecule has 0 saturated carbocycles. The SMILES string of the molecule is Cc1ccc(OCCCN2C(=O)COc3ccc(NC(=O)/C=C/c4ccc(F)cc4)cc32)cc1. The Morgan fingerprint density at radius 1 is 1.12 bits per heavy atom. The zero-order chi connectivity index (χ0) is 23.9. The standard InChI is InChI=1S/C27H25FN2O4/c1-19-3-11-23(12-4-19)33-16-2-15-30-24-17-22(10-13-25(24)34-18-27(30)32)29-26(31)14-7-20-5-8-21(28)9-6-20/h3-14,17H,2,15-16,18H2,1H3,(H,29,31)/b14-7+. The van der Waals surface area contributed by atoms with Crippen LogP contribution in [0.3, 0.4) is 0 Å². The Kier molecular flexibility index (Phi) is 7.22. The number of fused-ring (bicyclic) bond motifs is 1. The molecule has 3 aromatic rings. The van der Waals surface area contributed by atoms with Crippen molar-refractivity contribution in [1.82, 2.24) is 0 Å². The maximum atomic E-state index is 13.0. The molecule has 174 valence electrons. The van der Waals surface area contributed by atoms with Gasteiger partial charge in [0, 0.05) is 18.3 Å². The molecule has 34 heavy (non-hydrogen) atoms. The highest BCUT2D eigenvalue weighted by molar-refractivity contribution is 6.03. The van der Waals surface area contributed by atoms with E-state index >= 15 is 0 Å². The summed E-state index contributed by atoms with van der Waals surface area (Å²) in [5, 5.41) is 2.78. The topological polar surface area (TPSA) is 67.9 Å². The highest BCUT2D eigenvalue weighted by Crippen LogP contribution is 2.34. The molecule has 0 aromatic heterocycles. The fourth-order valence-corrected chi connectivity index (χ4v) is 3.50. The summed E-state index contributed by atoms with van der Waals surface area (Å²) in [5.41, 5.74) is 3.01. The van der Waals surface area contributed by atoms with Gasteiger partial charge in [-0.15, -0.1) is 0 Å². The highest BCUT2D eigenvalue weighted by atomic mass is 19.1. The molecule has 3 aromatic carbocycles. The smallest absolute Gasteiger partial charge is 0.265 e. The van der Waals surface area contributed by atoms with Crippen molar-refractivity contribution >= 4 is 29.3 Å². The Hall–Kier alpha value is -4.13. The first-order valence-corrected chi connectivity index (χ1v) is 11.0. The van der Waals surface area contributed by atoms with Crippen molar-refractivity contribution in [3.8, 4) is 11.5 Å². The summed E-state index contributed by atoms with van der Waals surface area (Å²) in [7, 11) is 0. The first-order valence-electron chi connectivity index (χ1n) is 11.0. The molecular formula is C27H25FN2O4. The molecular weight excluding hydrogens is 435 g/mol. The zero-order valence-electron chi connectivity index (χ0n) is 18.8. The number of nitrogens with one attached hydrogen (secondary N) is 1. The van der Waals surface area contributed by atoms with Gasteiger partial charge in [-0.2, -0.15) is 0 Å². The van der Waals surface area contributed by atoms with Crippen LogP contribution in [0.1, 0.15) is 17.5 Å². The van der Waals surface area contributed by atoms with Gasteiger partial charge in [-0.1, -0.05) is 29.8 Å². The predicted molar refractivity (Wildman–Crippen MR) is 130 cm³/mol. The number of ether oxygens (including phenoxy) is 2. The highest BCUT2D eigenvalue weighted by Gasteiger charge is 2.25. The predicted octanol–water partition coefficient (Wildman–Crippen LogP) is 4.98. The Balaban J connectivity index is 1.37. The number of hydrogen-bond acceptors (Lipinski definition) is 4. The van der Waals surface area contributed by atoms with Crippen molar-refractivity contribution < 1.29 is 23.5 Å². The number of carbonyl (C=O) groups is 2. The van der Waals surface area contributed by atoms with Crippen molar-refractivity contribution in [1.29, 1.82) is 0 Å². The molecule has 0 unspecified atom stereocenters. The molecule has 0 spiro atoms. The van der Waals surface area contributed by atoms with Crippen molar-refractivity contribution in [3.63, 3.8) is 0 Å². The summed E-state index contributed by atoms with van der Waals surface area (Å²) < 4.78 is 24.3. The molecule has 2 amide bonds. The lowest BCUT2D eigenvalue weighted by Crippen LogP contribution is -2.39. The van der Waals surface area contributed by atoms with Crippen molar-refractivity contribution in [2.24, 2.45) is 0 Å². The number of aryl methyl sites for hydroxylation is 1. The summed E-state index contributed by atoms with van der Waals surface area (Å²) in [5.74, 6) is 0.545. The molecule has 0 radical (unpaired) electrons. The first kappa shape index (κ1) is 23.0. The number of hydrogen-bond donors (Lipinski definition) is 1. The van der Waals surface area contributed by atoms with Crippen LogP contribution < -0.4 is 19.7 Å². The average Bonchev–Trinajstić information content (AvgIpc) is 2.83. The summed E-state index contributed by atoms with van der Waals surface area (Å²) in [6, 6.07) is 18.8. The number of benzene rings is 3. The van der Waals surface area contributed by atoms with Crippen LogP contribution in [0.2, 0.25) is 0 Å². The van der Waals surface area contributed by atoms with E-state index in [4.69, 9.17) is 9.47 Å². The zero-order valence-corrected chi connectivity index (χ0v) is 18.8. The third kappa shape index (κ3) is 6.01. The van der Waals surface area contributed by atoms with E-state index < -0.39 is 0 Å². The van der Waals surface area contributed by atoms with Crippen LogP contribution in [-0.2, 0) is 9.59 Å². The van der Waals surface area contributed by atoms with E-state index in [0.29, 0.717) is 42.3 Å². The Labute approximate surface area is 197 Å². The Bertz CT molecular complexity index is 1190. The van der Waals surface area contributed by atoms with Crippen LogP contribution in [0.15, 0.2) is 72.8 Å². The van der Waals surface area contributed by atoms with Crippen molar-refractivity contribution in [2.45, 2.75) is 13.3 Å². The molecule has 4 rings (SSSR count). The van der Waals surface area contributed by atoms with E-state index in [1.807, 2.05) is 31.2 Å². The minimum atomic E-state index is -0.342. The molecule has 0 fully saturated rings. The molecule has 0 saturated heterocycles. The van der Waals surface area contributed by atoms with Gasteiger partial charge in [0.25, 0.3) is 5.91 Å². The second-order valence-corrected chi connectivity index (χ2v) is 7.91. The van der Waals surface area contributed by atoms with Gasteiger partial charge in [0.05, 0.1) is 12.3 Å². The van der Waals surface area contributed by atoms with E-state index in [1.54, 1.807) is 41.3 Å². The molecule has 1 heterocycles. The van der Waals surface area contributed by atoms with Gasteiger partial charge < -0.3 is 19.7 Å². The lowest BCUT2D eigenvalue weighted by atomic mass is 10.2. The quantitative estimate of drug-likeness (QED) is 0.380. The molecule has 1 aliphatic rings. The maximum Gasteiger partial charge on any atom is 0.265 e. The lowest BCUT2D eigenvalue weighted by Gasteiger charge is -2.29. The first-order chi connectivity index (χ1) is 16.5. The minimum absolute atomic E-state index is 0.0298. The summed E-state index contributed by atoms with van der Waals surface area (Å²) in [4.78, 5) is 26.5. The van der Waals surface area contributed by atoms with Gasteiger partial charge in [0.15, 0.2) is 6.61 Å². The molecule has 1 aliphatic heterocycles. The largest absolute Gasteiger partial charge is 0.494 e. The fraction of sp³-hybridized carbons (Fsp3) is 0.185. The van der Waals surface area contributed by atoms with E-state index in [0.717, 1.165) is 11.3 Å². The maximum absolute atomic E-state index is 13.0. The molecule has 7 heteroatoms. The van der Waals surface area contributed by atoms with Crippen LogP contribution in [0, 0.1) is 12.7 Å². The number of anilines is 2. The number of nitrogens with zero attached hydrogens (tertiary/aromatic N) is 1. The molecule has 0 aliphatic carbocycles. The summed E-state index contributed by atoms with van der Waals surface area (Å²) >= 11 is 0. The van der Waals surface area contributed by atoms with Crippen molar-refractivity contribution in [2.75, 3.05) is 30.0 Å². The van der Waals surface area contributed by atoms with Gasteiger partial charge in [0.1, 0.15) is 17.3 Å². The fourth-order valence-electron chi connectivity index (χ4n) is 3.50. The number of halogens is 1. The van der Waals surface area contributed by atoms with Gasteiger partial charge >= 0.3 is 0 Å². The number of rotatable bonds is 8. The van der Waals surface area contributed by atoms with E-state index in [2.05, 4.69) is 5.32 Å². The third-order valence-electron chi connectivity index (χ3n) is 5.28. The molecule has 1 N–H and O–H groups in total. The summed E-state index contributed by atoms with van der Waals surface area (Å²) in [6.45, 7) is 2.91. The van der Waals surface area contributed by atoms with Crippen LogP contribution in [0.25, 0.3) is 6.08 Å². The van der Waals surface area contributed by atoms with Gasteiger partial charge in [-0.3, -0.25) is 9.59 Å². The Morgan fingerprint density at radius 2 is 1.88 bits per heavy atom. The lowest BCUT2D eigenvalue weighted by molar-refractivity contribution is -0.121. The average molecular weight is 461 g/mol. The van der Waals surface area contributed by atoms with Crippen LogP contribution in [0.4, 0.5) is 15.8 Å². The van der Waals surface area contributed by atoms with Crippen molar-refractivity contribution in [3.05, 3.63) is 89.8 Å². The van der Waals surface area contributed by atoms with Crippen LogP contribution >= 0.6 is 0 Å². The van der Waals surface area contributed by atoms with Gasteiger partial charge in [0.2, 0.25) is 5.91 Å². The number of amides is 2. The van der Waals surface area contributed by atoms with E-state index in [1.165, 1.54) is 18.2 Å². The van der Waals surface area contributed by atoms with Gasteiger partial charge in [-0.05, 0) is 67.4 Å². The number of carbonyl (C=O) groups excluding carboxylic acids is 2. The second-order valence-electron chi connectivity index (χ2n) is 7.91. The summed E-state index contributed by atoms with van der Waals surface area (Å²) in [6.07, 6.45) is 3.60. The molecule has 6 nitrogen and oxygen atoms in total. The van der Waals surface area contributed by atoms with Gasteiger partial charge in [-0.25, -0.2) is 4.39 Å². The molecule has 0 atom stereocenters. The third-order valence-corrected chi connectivity index (χ3v) is 5.28. The van der Waals surface area contributed by atoms with Crippen LogP contribution in [-0.4, -0.2) is 31.6 Å². The minimum Gasteiger partial charge on any atom is -0.494 e. The van der Waals surface area contributed by atoms with E-state index in [9.17, 15) is 14.0 Å². The normalized spacial score (nSPS) is 12.9. The van der Waals surface area contributed by atoms with E-state index in [-0.39, 0.29) is 24.2 Å². The second kappa shape index (κ2) is 10.7. The van der Waals surface area contributed by atoms with Crippen LogP contribution in [0.5, 0.6) is 11.5 Å². The molecule has 0 bridgehead atoms.